The van der Waals surface area contributed by atoms with E-state index in [0.717, 1.165) is 0 Å². The molecular weight excluding hydrogens is 252 g/mol. The van der Waals surface area contributed by atoms with E-state index in [1.807, 2.05) is 6.92 Å². The van der Waals surface area contributed by atoms with E-state index >= 15 is 0 Å². The lowest BCUT2D eigenvalue weighted by molar-refractivity contribution is 0.138. The van der Waals surface area contributed by atoms with Crippen LogP contribution in [-0.4, -0.2) is 22.8 Å². The van der Waals surface area contributed by atoms with Crippen molar-refractivity contribution in [2.24, 2.45) is 0 Å². The van der Waals surface area contributed by atoms with Crippen molar-refractivity contribution < 1.29 is 4.74 Å². The summed E-state index contributed by atoms with van der Waals surface area (Å²) in [6.07, 6.45) is 1.46. The summed E-state index contributed by atoms with van der Waals surface area (Å²) in [4.78, 5) is 24.4. The van der Waals surface area contributed by atoms with Crippen LogP contribution in [-0.2, 0) is 11.3 Å². The molecule has 0 aliphatic heterocycles. The van der Waals surface area contributed by atoms with Crippen molar-refractivity contribution in [3.05, 3.63) is 31.5 Å². The van der Waals surface area contributed by atoms with Gasteiger partial charge in [0.25, 0.3) is 5.56 Å². The minimum Gasteiger partial charge on any atom is -0.380 e. The van der Waals surface area contributed by atoms with Crippen LogP contribution in [0.5, 0.6) is 0 Å². The lowest BCUT2D eigenvalue weighted by Crippen LogP contribution is -2.30. The van der Waals surface area contributed by atoms with E-state index < -0.39 is 11.2 Å². The quantitative estimate of drug-likeness (QED) is 0.796. The van der Waals surface area contributed by atoms with Crippen LogP contribution < -0.4 is 11.2 Å². The van der Waals surface area contributed by atoms with Gasteiger partial charge in [0.05, 0.1) is 17.6 Å². The molecule has 0 atom stereocenters. The highest BCUT2D eigenvalue weighted by atomic mass is 79.9. The number of nitrogens with one attached hydrogen (secondary N) is 1. The van der Waals surface area contributed by atoms with Crippen molar-refractivity contribution in [1.29, 1.82) is 0 Å². The average molecular weight is 263 g/mol. The van der Waals surface area contributed by atoms with E-state index in [1.165, 1.54) is 10.8 Å². The summed E-state index contributed by atoms with van der Waals surface area (Å²) in [5.74, 6) is 0. The molecule has 1 N–H and O–H groups in total. The first-order valence-corrected chi connectivity index (χ1v) is 5.01. The predicted molar refractivity (Wildman–Crippen MR) is 55.5 cm³/mol. The van der Waals surface area contributed by atoms with Gasteiger partial charge in [-0.1, -0.05) is 0 Å². The second kappa shape index (κ2) is 5.11. The maximum Gasteiger partial charge on any atom is 0.328 e. The molecule has 0 saturated carbocycles. The fraction of sp³-hybridized carbons (Fsp3) is 0.500. The lowest BCUT2D eigenvalue weighted by Gasteiger charge is -2.04. The first-order chi connectivity index (χ1) is 6.65. The molecule has 0 aliphatic carbocycles. The summed E-state index contributed by atoms with van der Waals surface area (Å²) in [7, 11) is 0. The van der Waals surface area contributed by atoms with Gasteiger partial charge in [-0.25, -0.2) is 4.79 Å². The number of aromatic nitrogens is 2. The molecule has 1 aromatic heterocycles. The first-order valence-electron chi connectivity index (χ1n) is 4.22. The van der Waals surface area contributed by atoms with Crippen molar-refractivity contribution in [3.8, 4) is 0 Å². The summed E-state index contributed by atoms with van der Waals surface area (Å²) >= 11 is 3.04. The van der Waals surface area contributed by atoms with Crippen LogP contribution in [0.3, 0.4) is 0 Å². The van der Waals surface area contributed by atoms with Gasteiger partial charge in [-0.15, -0.1) is 0 Å². The van der Waals surface area contributed by atoms with Gasteiger partial charge in [-0.3, -0.25) is 14.3 Å². The van der Waals surface area contributed by atoms with Crippen LogP contribution in [0, 0.1) is 0 Å². The summed E-state index contributed by atoms with van der Waals surface area (Å²) < 4.78 is 6.83. The maximum absolute atomic E-state index is 11.2. The van der Waals surface area contributed by atoms with Crippen molar-refractivity contribution in [2.45, 2.75) is 13.5 Å². The molecule has 0 amide bonds. The molecule has 0 aromatic carbocycles. The van der Waals surface area contributed by atoms with E-state index in [4.69, 9.17) is 4.74 Å². The summed E-state index contributed by atoms with van der Waals surface area (Å²) in [6.45, 7) is 3.38. The van der Waals surface area contributed by atoms with Gasteiger partial charge in [0.1, 0.15) is 0 Å². The standard InChI is InChI=1S/C8H11BrN2O3/c1-2-14-4-3-11-5-6(9)7(12)10-8(11)13/h5H,2-4H2,1H3,(H,10,12,13). The molecule has 5 nitrogen and oxygen atoms in total. The van der Waals surface area contributed by atoms with Crippen molar-refractivity contribution in [3.63, 3.8) is 0 Å². The molecule has 1 aromatic rings. The van der Waals surface area contributed by atoms with Crippen molar-refractivity contribution in [1.82, 2.24) is 9.55 Å². The highest BCUT2D eigenvalue weighted by molar-refractivity contribution is 9.10. The van der Waals surface area contributed by atoms with Crippen LogP contribution in [0.1, 0.15) is 6.92 Å². The van der Waals surface area contributed by atoms with Gasteiger partial charge in [0, 0.05) is 12.8 Å². The molecule has 0 unspecified atom stereocenters. The highest BCUT2D eigenvalue weighted by Gasteiger charge is 2.00. The first kappa shape index (κ1) is 11.2. The Kier molecular flexibility index (Phi) is 4.09. The average Bonchev–Trinajstić information content (AvgIpc) is 2.14. The second-order valence-corrected chi connectivity index (χ2v) is 3.48. The Morgan fingerprint density at radius 1 is 1.57 bits per heavy atom. The molecular formula is C8H11BrN2O3. The number of H-pyrrole nitrogens is 1. The molecule has 0 radical (unpaired) electrons. The smallest absolute Gasteiger partial charge is 0.328 e. The van der Waals surface area contributed by atoms with E-state index in [9.17, 15) is 9.59 Å². The number of nitrogens with zero attached hydrogens (tertiary/aromatic N) is 1. The number of hydrogen-bond donors (Lipinski definition) is 1. The largest absolute Gasteiger partial charge is 0.380 e. The van der Waals surface area contributed by atoms with Gasteiger partial charge in [-0.2, -0.15) is 0 Å². The monoisotopic (exact) mass is 262 g/mol. The number of hydrogen-bond acceptors (Lipinski definition) is 3. The number of rotatable bonds is 4. The van der Waals surface area contributed by atoms with Crippen LogP contribution in [0.15, 0.2) is 20.3 Å². The zero-order chi connectivity index (χ0) is 10.6. The zero-order valence-electron chi connectivity index (χ0n) is 7.75. The van der Waals surface area contributed by atoms with Gasteiger partial charge >= 0.3 is 5.69 Å². The fourth-order valence-electron chi connectivity index (χ4n) is 0.956. The van der Waals surface area contributed by atoms with Crippen LogP contribution in [0.25, 0.3) is 0 Å². The van der Waals surface area contributed by atoms with Gasteiger partial charge < -0.3 is 4.74 Å². The Hall–Kier alpha value is -0.880. The minimum absolute atomic E-state index is 0.341. The Morgan fingerprint density at radius 3 is 2.93 bits per heavy atom. The molecule has 1 rings (SSSR count). The third kappa shape index (κ3) is 2.81. The minimum atomic E-state index is -0.419. The van der Waals surface area contributed by atoms with Crippen LogP contribution in [0.2, 0.25) is 0 Å². The highest BCUT2D eigenvalue weighted by Crippen LogP contribution is 1.97. The fourth-order valence-corrected chi connectivity index (χ4v) is 1.30. The molecule has 14 heavy (non-hydrogen) atoms. The Morgan fingerprint density at radius 2 is 2.29 bits per heavy atom. The van der Waals surface area contributed by atoms with E-state index in [2.05, 4.69) is 20.9 Å². The molecule has 0 spiro atoms. The molecule has 0 fully saturated rings. The maximum atomic E-state index is 11.2. The van der Waals surface area contributed by atoms with Gasteiger partial charge in [0.15, 0.2) is 0 Å². The van der Waals surface area contributed by atoms with Crippen molar-refractivity contribution in [2.75, 3.05) is 13.2 Å². The summed E-state index contributed by atoms with van der Waals surface area (Å²) in [5.41, 5.74) is -0.833. The molecule has 0 saturated heterocycles. The second-order valence-electron chi connectivity index (χ2n) is 2.63. The Labute approximate surface area is 88.8 Å². The third-order valence-electron chi connectivity index (χ3n) is 1.65. The molecule has 1 heterocycles. The van der Waals surface area contributed by atoms with Gasteiger partial charge in [0.2, 0.25) is 0 Å². The van der Waals surface area contributed by atoms with Crippen molar-refractivity contribution >= 4 is 15.9 Å². The molecule has 0 aliphatic rings. The predicted octanol–water partition coefficient (Wildman–Crippen LogP) is 0.336. The summed E-state index contributed by atoms with van der Waals surface area (Å²) in [6, 6.07) is 0. The lowest BCUT2D eigenvalue weighted by atomic mass is 10.6. The van der Waals surface area contributed by atoms with Crippen LogP contribution in [0.4, 0.5) is 0 Å². The third-order valence-corrected chi connectivity index (χ3v) is 2.21. The normalized spacial score (nSPS) is 10.4. The molecule has 0 bridgehead atoms. The van der Waals surface area contributed by atoms with Crippen LogP contribution >= 0.6 is 15.9 Å². The number of ether oxygens (including phenoxy) is 1. The zero-order valence-corrected chi connectivity index (χ0v) is 9.33. The number of aromatic amines is 1. The topological polar surface area (TPSA) is 64.1 Å². The molecule has 78 valence electrons. The van der Waals surface area contributed by atoms with E-state index in [1.54, 1.807) is 0 Å². The Balaban J connectivity index is 2.82. The van der Waals surface area contributed by atoms with E-state index in [-0.39, 0.29) is 0 Å². The molecule has 6 heteroatoms. The van der Waals surface area contributed by atoms with E-state index in [0.29, 0.717) is 24.2 Å². The van der Waals surface area contributed by atoms with Gasteiger partial charge in [-0.05, 0) is 22.9 Å². The summed E-state index contributed by atoms with van der Waals surface area (Å²) in [5, 5.41) is 0. The SMILES string of the molecule is CCOCCn1cc(Br)c(=O)[nH]c1=O. The number of halogens is 1. The Bertz CT molecular complexity index is 410.